The quantitative estimate of drug-likeness (QED) is 0.109. The summed E-state index contributed by atoms with van der Waals surface area (Å²) in [5.41, 5.74) is 10.4. The number of pyridine rings is 1. The first-order valence-corrected chi connectivity index (χ1v) is 23.6. The summed E-state index contributed by atoms with van der Waals surface area (Å²) in [6.45, 7) is 19.8. The first-order chi connectivity index (χ1) is 30.5. The van der Waals surface area contributed by atoms with E-state index in [-0.39, 0.29) is 48.1 Å². The first kappa shape index (κ1) is 48.5. The molecule has 1 aromatic carbocycles. The molecule has 6 rings (SSSR count). The third kappa shape index (κ3) is 10.8. The molecule has 4 amide bonds. The minimum Gasteiger partial charge on any atom is -0.375 e. The number of amides is 4. The zero-order valence-electron chi connectivity index (χ0n) is 39.6. The molecule has 14 nitrogen and oxygen atoms in total. The fourth-order valence-corrected chi connectivity index (χ4v) is 10.6. The number of hydrogen-bond acceptors (Lipinski definition) is 10. The molecule has 3 aromatic heterocycles. The van der Waals surface area contributed by atoms with Gasteiger partial charge in [-0.05, 0) is 101 Å². The van der Waals surface area contributed by atoms with E-state index in [0.29, 0.717) is 31.1 Å². The molecule has 4 aromatic rings. The van der Waals surface area contributed by atoms with Crippen molar-refractivity contribution >= 4 is 45.9 Å². The van der Waals surface area contributed by atoms with Gasteiger partial charge in [-0.1, -0.05) is 40.3 Å². The number of hydrazine groups is 1. The van der Waals surface area contributed by atoms with Crippen molar-refractivity contribution in [3.63, 3.8) is 0 Å². The predicted octanol–water partition coefficient (Wildman–Crippen LogP) is 6.36. The van der Waals surface area contributed by atoms with E-state index in [2.05, 4.69) is 85.9 Å². The van der Waals surface area contributed by atoms with Gasteiger partial charge in [-0.3, -0.25) is 29.2 Å². The number of thiazole rings is 1. The van der Waals surface area contributed by atoms with Crippen molar-refractivity contribution in [2.24, 2.45) is 17.3 Å². The zero-order chi connectivity index (χ0) is 46.5. The van der Waals surface area contributed by atoms with E-state index in [0.717, 1.165) is 71.5 Å². The third-order valence-corrected chi connectivity index (χ3v) is 13.5. The van der Waals surface area contributed by atoms with Gasteiger partial charge < -0.3 is 29.3 Å². The number of ether oxygens (including phenoxy) is 1. The maximum Gasteiger partial charge on any atom is 0.259 e. The molecular weight excluding hydrogens is 827 g/mol. The van der Waals surface area contributed by atoms with E-state index in [1.807, 2.05) is 38.4 Å². The molecule has 0 radical (unpaired) electrons. The van der Waals surface area contributed by atoms with Gasteiger partial charge in [-0.15, -0.1) is 11.3 Å². The molecule has 0 aliphatic carbocycles. The Morgan fingerprint density at radius 2 is 1.88 bits per heavy atom. The molecule has 64 heavy (non-hydrogen) atoms. The average molecular weight is 896 g/mol. The lowest BCUT2D eigenvalue weighted by Gasteiger charge is -2.35. The highest BCUT2D eigenvalue weighted by Gasteiger charge is 2.39. The largest absolute Gasteiger partial charge is 0.375 e. The SMILES string of the molecule is C=CC(=O)N1CC[C@H](C(=O)N(C)[C@H](C(=O)N[C@@H](Cc2nc(-c3ccc4c(c3)c(CC(C)(C)CN(C)C)c(-c3cccnc3[C@H](C)OC)n4CC)cs2)C(=O)N2CCCCN2)C(C)C)C1. The summed E-state index contributed by atoms with van der Waals surface area (Å²) in [4.78, 5) is 69.9. The van der Waals surface area contributed by atoms with Crippen LogP contribution in [0.4, 0.5) is 0 Å². The van der Waals surface area contributed by atoms with Crippen molar-refractivity contribution in [2.75, 3.05) is 61.0 Å². The Balaban J connectivity index is 1.33. The van der Waals surface area contributed by atoms with Gasteiger partial charge in [-0.25, -0.2) is 10.4 Å². The molecule has 346 valence electrons. The van der Waals surface area contributed by atoms with E-state index >= 15 is 0 Å². The summed E-state index contributed by atoms with van der Waals surface area (Å²) in [5, 5.41) is 8.57. The summed E-state index contributed by atoms with van der Waals surface area (Å²) in [7, 11) is 7.59. The van der Waals surface area contributed by atoms with Gasteiger partial charge in [0.25, 0.3) is 5.91 Å². The first-order valence-electron chi connectivity index (χ1n) is 22.7. The van der Waals surface area contributed by atoms with Crippen molar-refractivity contribution in [3.8, 4) is 22.5 Å². The monoisotopic (exact) mass is 896 g/mol. The molecule has 5 heterocycles. The van der Waals surface area contributed by atoms with Crippen LogP contribution in [-0.4, -0.2) is 131 Å². The number of carbonyl (C=O) groups excluding carboxylic acids is 4. The third-order valence-electron chi connectivity index (χ3n) is 12.6. The second-order valence-corrected chi connectivity index (χ2v) is 19.7. The van der Waals surface area contributed by atoms with Gasteiger partial charge in [0.15, 0.2) is 0 Å². The fourth-order valence-electron chi connectivity index (χ4n) is 9.72. The Bertz CT molecular complexity index is 2310. The highest BCUT2D eigenvalue weighted by atomic mass is 32.1. The molecular formula is C49H69N9O5S. The molecule has 0 unspecified atom stereocenters. The summed E-state index contributed by atoms with van der Waals surface area (Å²) in [5.74, 6) is -1.74. The maximum absolute atomic E-state index is 14.3. The van der Waals surface area contributed by atoms with E-state index in [1.165, 1.54) is 27.9 Å². The normalized spacial score (nSPS) is 17.2. The second kappa shape index (κ2) is 20.9. The number of likely N-dealkylation sites (tertiary alicyclic amines) is 1. The number of methoxy groups -OCH3 is 1. The van der Waals surface area contributed by atoms with Gasteiger partial charge in [0.05, 0.1) is 34.1 Å². The van der Waals surface area contributed by atoms with E-state index in [4.69, 9.17) is 14.7 Å². The number of nitrogens with zero attached hydrogens (tertiary/aromatic N) is 7. The van der Waals surface area contributed by atoms with Crippen LogP contribution in [0.15, 0.2) is 54.6 Å². The standard InChI is InChI=1S/C49H69N9O5S/c1-12-42(59)56-24-20-34(28-56)47(61)55(10)44(31(3)4)46(60)53-38(48(62)58-23-15-14-22-51-58)26-41-52-39(29-64-41)33-18-19-40-36(25-33)37(27-49(6,7)30-54(8)9)45(57(40)13-2)35-17-16-21-50-43(35)32(5)63-11/h12,16-19,21,25,29,31-32,34,38,44,51H,1,13-15,20,22-24,26-28,30H2,2-11H3,(H,53,60)/t32-,34-,38-,44-/m0/s1. The highest BCUT2D eigenvalue weighted by Crippen LogP contribution is 2.42. The van der Waals surface area contributed by atoms with Gasteiger partial charge >= 0.3 is 0 Å². The summed E-state index contributed by atoms with van der Waals surface area (Å²) < 4.78 is 8.22. The molecule has 2 saturated heterocycles. The van der Waals surface area contributed by atoms with E-state index in [1.54, 1.807) is 24.1 Å². The number of benzene rings is 1. The van der Waals surface area contributed by atoms with Crippen molar-refractivity contribution in [1.29, 1.82) is 0 Å². The number of likely N-dealkylation sites (N-methyl/N-ethyl adjacent to an activating group) is 1. The van der Waals surface area contributed by atoms with Crippen molar-refractivity contribution < 1.29 is 23.9 Å². The van der Waals surface area contributed by atoms with Gasteiger partial charge in [0.1, 0.15) is 12.1 Å². The summed E-state index contributed by atoms with van der Waals surface area (Å²) in [6, 6.07) is 8.95. The zero-order valence-corrected chi connectivity index (χ0v) is 40.4. The Morgan fingerprint density at radius 1 is 1.11 bits per heavy atom. The fraction of sp³-hybridized carbons (Fsp3) is 0.551. The number of nitrogens with one attached hydrogen (secondary N) is 2. The number of fused-ring (bicyclic) bond motifs is 1. The molecule has 2 N–H and O–H groups in total. The van der Waals surface area contributed by atoms with Crippen LogP contribution >= 0.6 is 11.3 Å². The lowest BCUT2D eigenvalue weighted by atomic mass is 9.83. The van der Waals surface area contributed by atoms with Crippen LogP contribution in [0.2, 0.25) is 0 Å². The van der Waals surface area contributed by atoms with Gasteiger partial charge in [0.2, 0.25) is 17.7 Å². The van der Waals surface area contributed by atoms with Crippen LogP contribution in [0.1, 0.15) is 83.2 Å². The molecule has 2 fully saturated rings. The number of hydrogen-bond donors (Lipinski definition) is 2. The molecule has 2 aliphatic heterocycles. The Morgan fingerprint density at radius 3 is 2.53 bits per heavy atom. The molecule has 0 spiro atoms. The molecule has 0 bridgehead atoms. The molecule has 2 aliphatic rings. The summed E-state index contributed by atoms with van der Waals surface area (Å²) >= 11 is 1.46. The van der Waals surface area contributed by atoms with Crippen LogP contribution in [0.3, 0.4) is 0 Å². The van der Waals surface area contributed by atoms with E-state index in [9.17, 15) is 19.2 Å². The van der Waals surface area contributed by atoms with Gasteiger partial charge in [0, 0.05) is 93.5 Å². The van der Waals surface area contributed by atoms with Crippen molar-refractivity contribution in [3.05, 3.63) is 70.8 Å². The predicted molar refractivity (Wildman–Crippen MR) is 254 cm³/mol. The Labute approximate surface area is 383 Å². The van der Waals surface area contributed by atoms with Crippen LogP contribution in [0.5, 0.6) is 0 Å². The minimum absolute atomic E-state index is 0.0560. The van der Waals surface area contributed by atoms with Crippen LogP contribution in [0.25, 0.3) is 33.4 Å². The molecule has 4 atom stereocenters. The van der Waals surface area contributed by atoms with Crippen molar-refractivity contribution in [2.45, 2.75) is 98.4 Å². The maximum atomic E-state index is 14.3. The summed E-state index contributed by atoms with van der Waals surface area (Å²) in [6.07, 6.45) is 6.21. The van der Waals surface area contributed by atoms with Crippen LogP contribution in [0, 0.1) is 17.3 Å². The number of carbonyl (C=O) groups is 4. The lowest BCUT2D eigenvalue weighted by Crippen LogP contribution is -2.59. The van der Waals surface area contributed by atoms with Crippen LogP contribution < -0.4 is 10.7 Å². The smallest absolute Gasteiger partial charge is 0.259 e. The minimum atomic E-state index is -0.925. The number of rotatable bonds is 18. The second-order valence-electron chi connectivity index (χ2n) is 18.8. The Kier molecular flexibility index (Phi) is 15.8. The highest BCUT2D eigenvalue weighted by molar-refractivity contribution is 7.10. The topological polar surface area (TPSA) is 145 Å². The molecule has 0 saturated carbocycles. The lowest BCUT2D eigenvalue weighted by molar-refractivity contribution is -0.145. The number of aromatic nitrogens is 3. The number of aryl methyl sites for hydroxylation is 1. The average Bonchev–Trinajstić information content (AvgIpc) is 4.03. The van der Waals surface area contributed by atoms with E-state index < -0.39 is 23.9 Å². The van der Waals surface area contributed by atoms with Crippen molar-refractivity contribution in [1.82, 2.24) is 45.0 Å². The Hall–Kier alpha value is -4.96. The van der Waals surface area contributed by atoms with Crippen LogP contribution in [-0.2, 0) is 43.3 Å². The molecule has 15 heteroatoms. The van der Waals surface area contributed by atoms with Gasteiger partial charge in [-0.2, -0.15) is 0 Å².